The maximum Gasteiger partial charge on any atom is 0.229 e. The van der Waals surface area contributed by atoms with Gasteiger partial charge in [-0.2, -0.15) is 0 Å². The molecule has 1 aliphatic heterocycles. The number of carbonyl (C=O) groups excluding carboxylic acids is 1. The van der Waals surface area contributed by atoms with Gasteiger partial charge in [-0.05, 0) is 18.9 Å². The Kier molecular flexibility index (Phi) is 3.25. The second-order valence-corrected chi connectivity index (χ2v) is 4.47. The minimum Gasteiger partial charge on any atom is -0.341 e. The second kappa shape index (κ2) is 4.66. The number of nitrogens with two attached hydrogens (primary N) is 1. The molecule has 0 radical (unpaired) electrons. The lowest BCUT2D eigenvalue weighted by Crippen LogP contribution is -2.34. The first-order chi connectivity index (χ1) is 7.68. The quantitative estimate of drug-likeness (QED) is 0.814. The van der Waals surface area contributed by atoms with Crippen molar-refractivity contribution in [2.24, 2.45) is 5.73 Å². The Hall–Kier alpha value is -1.35. The van der Waals surface area contributed by atoms with Crippen LogP contribution < -0.4 is 5.73 Å². The molecular weight excluding hydrogens is 200 g/mol. The van der Waals surface area contributed by atoms with E-state index in [9.17, 15) is 4.79 Å². The van der Waals surface area contributed by atoms with Crippen molar-refractivity contribution >= 4 is 5.91 Å². The van der Waals surface area contributed by atoms with Gasteiger partial charge in [-0.3, -0.25) is 4.79 Å². The Balaban J connectivity index is 2.05. The van der Waals surface area contributed by atoms with Crippen molar-refractivity contribution in [3.05, 3.63) is 35.9 Å². The highest BCUT2D eigenvalue weighted by atomic mass is 16.2. The van der Waals surface area contributed by atoms with Gasteiger partial charge >= 0.3 is 0 Å². The largest absolute Gasteiger partial charge is 0.341 e. The van der Waals surface area contributed by atoms with Gasteiger partial charge in [-0.1, -0.05) is 30.3 Å². The molecule has 1 saturated heterocycles. The summed E-state index contributed by atoms with van der Waals surface area (Å²) in [7, 11) is 0. The minimum absolute atomic E-state index is 0.0634. The van der Waals surface area contributed by atoms with Crippen LogP contribution in [0, 0.1) is 0 Å². The van der Waals surface area contributed by atoms with E-state index in [0.717, 1.165) is 18.5 Å². The summed E-state index contributed by atoms with van der Waals surface area (Å²) >= 11 is 0. The van der Waals surface area contributed by atoms with E-state index in [-0.39, 0.29) is 17.9 Å². The molecule has 16 heavy (non-hydrogen) atoms. The van der Waals surface area contributed by atoms with Gasteiger partial charge in [0.15, 0.2) is 0 Å². The highest BCUT2D eigenvalue weighted by Gasteiger charge is 2.27. The van der Waals surface area contributed by atoms with Crippen LogP contribution in [0.3, 0.4) is 0 Å². The molecule has 0 bridgehead atoms. The molecule has 0 aromatic heterocycles. The highest BCUT2D eigenvalue weighted by molar-refractivity contribution is 5.83. The molecule has 1 fully saturated rings. The van der Waals surface area contributed by atoms with Crippen LogP contribution in [-0.2, 0) is 4.79 Å². The summed E-state index contributed by atoms with van der Waals surface area (Å²) in [5, 5.41) is 0. The van der Waals surface area contributed by atoms with Crippen LogP contribution in [0.25, 0.3) is 0 Å². The van der Waals surface area contributed by atoms with E-state index < -0.39 is 0 Å². The third kappa shape index (κ3) is 2.25. The number of amides is 1. The molecule has 1 aromatic rings. The first-order valence-corrected chi connectivity index (χ1v) is 5.78. The monoisotopic (exact) mass is 218 g/mol. The van der Waals surface area contributed by atoms with Gasteiger partial charge in [0.1, 0.15) is 0 Å². The lowest BCUT2D eigenvalue weighted by molar-refractivity contribution is -0.131. The van der Waals surface area contributed by atoms with Gasteiger partial charge in [0.05, 0.1) is 5.92 Å². The van der Waals surface area contributed by atoms with Crippen LogP contribution in [-0.4, -0.2) is 29.9 Å². The average molecular weight is 218 g/mol. The van der Waals surface area contributed by atoms with Crippen molar-refractivity contribution in [1.82, 2.24) is 4.90 Å². The maximum absolute atomic E-state index is 12.2. The Morgan fingerprint density at radius 3 is 2.69 bits per heavy atom. The second-order valence-electron chi connectivity index (χ2n) is 4.47. The summed E-state index contributed by atoms with van der Waals surface area (Å²) < 4.78 is 0. The van der Waals surface area contributed by atoms with Gasteiger partial charge in [-0.15, -0.1) is 0 Å². The van der Waals surface area contributed by atoms with E-state index in [1.54, 1.807) is 0 Å². The molecular formula is C13H18N2O. The summed E-state index contributed by atoms with van der Waals surface area (Å²) in [4.78, 5) is 14.0. The smallest absolute Gasteiger partial charge is 0.229 e. The third-order valence-electron chi connectivity index (χ3n) is 3.21. The van der Waals surface area contributed by atoms with Gasteiger partial charge in [0.2, 0.25) is 5.91 Å². The molecule has 3 nitrogen and oxygen atoms in total. The topological polar surface area (TPSA) is 46.3 Å². The zero-order chi connectivity index (χ0) is 11.5. The molecule has 86 valence electrons. The molecule has 0 aliphatic carbocycles. The molecule has 0 spiro atoms. The number of hydrogen-bond donors (Lipinski definition) is 1. The van der Waals surface area contributed by atoms with Gasteiger partial charge in [0, 0.05) is 19.1 Å². The first kappa shape index (κ1) is 11.1. The van der Waals surface area contributed by atoms with Crippen molar-refractivity contribution < 1.29 is 4.79 Å². The summed E-state index contributed by atoms with van der Waals surface area (Å²) in [5.74, 6) is 0.130. The molecule has 0 saturated carbocycles. The Bertz CT molecular complexity index is 363. The molecule has 3 heteroatoms. The van der Waals surface area contributed by atoms with Crippen LogP contribution >= 0.6 is 0 Å². The first-order valence-electron chi connectivity index (χ1n) is 5.78. The SMILES string of the molecule is C[C@H](C(=O)N1CC[C@H](N)C1)c1ccccc1. The van der Waals surface area contributed by atoms with Crippen LogP contribution in [0.1, 0.15) is 24.8 Å². The van der Waals surface area contributed by atoms with Crippen LogP contribution in [0.4, 0.5) is 0 Å². The molecule has 0 unspecified atom stereocenters. The fourth-order valence-corrected chi connectivity index (χ4v) is 2.15. The van der Waals surface area contributed by atoms with E-state index in [0.29, 0.717) is 6.54 Å². The molecule has 1 heterocycles. The predicted octanol–water partition coefficient (Wildman–Crippen LogP) is 1.35. The third-order valence-corrected chi connectivity index (χ3v) is 3.21. The minimum atomic E-state index is -0.0634. The van der Waals surface area contributed by atoms with Gasteiger partial charge in [0.25, 0.3) is 0 Å². The molecule has 1 aromatic carbocycles. The van der Waals surface area contributed by atoms with E-state index in [1.165, 1.54) is 0 Å². The van der Waals surface area contributed by atoms with Gasteiger partial charge in [-0.25, -0.2) is 0 Å². The van der Waals surface area contributed by atoms with Crippen molar-refractivity contribution in [3.63, 3.8) is 0 Å². The Labute approximate surface area is 96.2 Å². The summed E-state index contributed by atoms with van der Waals surface area (Å²) in [6, 6.07) is 10.1. The number of carbonyl (C=O) groups is 1. The van der Waals surface area contributed by atoms with E-state index >= 15 is 0 Å². The normalized spacial score (nSPS) is 22.1. The summed E-state index contributed by atoms with van der Waals surface area (Å²) in [5.41, 5.74) is 6.88. The number of rotatable bonds is 2. The van der Waals surface area contributed by atoms with Gasteiger partial charge < -0.3 is 10.6 Å². The molecule has 1 amide bonds. The fourth-order valence-electron chi connectivity index (χ4n) is 2.15. The van der Waals surface area contributed by atoms with Crippen molar-refractivity contribution in [1.29, 1.82) is 0 Å². The zero-order valence-corrected chi connectivity index (χ0v) is 9.60. The lowest BCUT2D eigenvalue weighted by atomic mass is 10.00. The molecule has 2 atom stereocenters. The van der Waals surface area contributed by atoms with Crippen molar-refractivity contribution in [2.45, 2.75) is 25.3 Å². The number of hydrogen-bond acceptors (Lipinski definition) is 2. The highest BCUT2D eigenvalue weighted by Crippen LogP contribution is 2.20. The standard InChI is InChI=1S/C13H18N2O/c1-10(11-5-3-2-4-6-11)13(16)15-8-7-12(14)9-15/h2-6,10,12H,7-9,14H2,1H3/t10-,12-/m0/s1. The molecule has 2 N–H and O–H groups in total. The van der Waals surface area contributed by atoms with Crippen LogP contribution in [0.15, 0.2) is 30.3 Å². The fraction of sp³-hybridized carbons (Fsp3) is 0.462. The van der Waals surface area contributed by atoms with E-state index in [2.05, 4.69) is 0 Å². The van der Waals surface area contributed by atoms with Crippen LogP contribution in [0.2, 0.25) is 0 Å². The number of likely N-dealkylation sites (tertiary alicyclic amines) is 1. The Morgan fingerprint density at radius 2 is 2.12 bits per heavy atom. The lowest BCUT2D eigenvalue weighted by Gasteiger charge is -2.20. The van der Waals surface area contributed by atoms with Crippen molar-refractivity contribution in [3.8, 4) is 0 Å². The molecule has 1 aliphatic rings. The summed E-state index contributed by atoms with van der Waals surface area (Å²) in [6.07, 6.45) is 0.924. The van der Waals surface area contributed by atoms with E-state index in [1.807, 2.05) is 42.2 Å². The average Bonchev–Trinajstić information content (AvgIpc) is 2.75. The van der Waals surface area contributed by atoms with E-state index in [4.69, 9.17) is 5.73 Å². The maximum atomic E-state index is 12.2. The zero-order valence-electron chi connectivity index (χ0n) is 9.60. The van der Waals surface area contributed by atoms with Crippen LogP contribution in [0.5, 0.6) is 0 Å². The molecule has 2 rings (SSSR count). The predicted molar refractivity (Wildman–Crippen MR) is 64.0 cm³/mol. The number of benzene rings is 1. The number of nitrogens with zero attached hydrogens (tertiary/aromatic N) is 1. The summed E-state index contributed by atoms with van der Waals surface area (Å²) in [6.45, 7) is 3.47. The van der Waals surface area contributed by atoms with Crippen molar-refractivity contribution in [2.75, 3.05) is 13.1 Å². The Morgan fingerprint density at radius 1 is 1.44 bits per heavy atom.